The fraction of sp³-hybridized carbons (Fsp3) is 0.304. The zero-order valence-electron chi connectivity index (χ0n) is 19.5. The maximum atomic E-state index is 13.3. The van der Waals surface area contributed by atoms with Crippen molar-refractivity contribution in [1.29, 1.82) is 0 Å². The van der Waals surface area contributed by atoms with Crippen LogP contribution in [0.15, 0.2) is 46.7 Å². The van der Waals surface area contributed by atoms with Crippen molar-refractivity contribution in [2.45, 2.75) is 4.90 Å². The number of sulfonamides is 1. The van der Waals surface area contributed by atoms with Crippen molar-refractivity contribution in [2.24, 2.45) is 0 Å². The zero-order valence-corrected chi connectivity index (χ0v) is 21.2. The molecule has 1 aliphatic heterocycles. The van der Waals surface area contributed by atoms with Gasteiger partial charge in [-0.3, -0.25) is 4.79 Å². The van der Waals surface area contributed by atoms with Crippen LogP contribution in [0.3, 0.4) is 0 Å². The lowest BCUT2D eigenvalue weighted by atomic mass is 10.1. The Hall–Kier alpha value is -3.19. The first kappa shape index (κ1) is 24.9. The number of ether oxygens (including phenoxy) is 3. The van der Waals surface area contributed by atoms with Gasteiger partial charge in [0.15, 0.2) is 5.13 Å². The lowest BCUT2D eigenvalue weighted by Crippen LogP contribution is -2.40. The second-order valence-electron chi connectivity index (χ2n) is 7.54. The molecule has 1 saturated heterocycles. The number of amides is 1. The van der Waals surface area contributed by atoms with E-state index in [9.17, 15) is 13.2 Å². The molecule has 0 spiro atoms. The van der Waals surface area contributed by atoms with Gasteiger partial charge in [0.25, 0.3) is 5.91 Å². The molecule has 1 aromatic heterocycles. The third-order valence-electron chi connectivity index (χ3n) is 5.48. The lowest BCUT2D eigenvalue weighted by molar-refractivity contribution is 0.0729. The Morgan fingerprint density at radius 3 is 2.46 bits per heavy atom. The molecule has 2 heterocycles. The van der Waals surface area contributed by atoms with Gasteiger partial charge in [-0.15, -0.1) is 11.3 Å². The summed E-state index contributed by atoms with van der Waals surface area (Å²) in [5.74, 6) is 0.132. The van der Waals surface area contributed by atoms with E-state index in [-0.39, 0.29) is 29.3 Å². The molecule has 0 unspecified atom stereocenters. The lowest BCUT2D eigenvalue weighted by Gasteiger charge is -2.26. The van der Waals surface area contributed by atoms with E-state index in [4.69, 9.17) is 14.2 Å². The van der Waals surface area contributed by atoms with Gasteiger partial charge in [0.05, 0.1) is 38.8 Å². The van der Waals surface area contributed by atoms with Crippen LogP contribution in [0.5, 0.6) is 11.5 Å². The predicted octanol–water partition coefficient (Wildman–Crippen LogP) is 3.14. The molecular weight excluding hydrogens is 492 g/mol. The van der Waals surface area contributed by atoms with Crippen LogP contribution >= 0.6 is 11.3 Å². The van der Waals surface area contributed by atoms with Crippen molar-refractivity contribution in [3.05, 3.63) is 47.3 Å². The SMILES string of the molecule is CNc1nc(-c2ccc(OC)c(NC(=O)c3ccc(OC)c(S(=O)(=O)N4CCOCC4)c3)c2)cs1. The van der Waals surface area contributed by atoms with Crippen LogP contribution in [0.4, 0.5) is 10.8 Å². The summed E-state index contributed by atoms with van der Waals surface area (Å²) in [5, 5.41) is 8.51. The molecule has 1 aliphatic rings. The molecule has 186 valence electrons. The Morgan fingerprint density at radius 1 is 1.09 bits per heavy atom. The molecule has 2 N–H and O–H groups in total. The van der Waals surface area contributed by atoms with Gasteiger partial charge in [-0.25, -0.2) is 13.4 Å². The van der Waals surface area contributed by atoms with E-state index in [2.05, 4.69) is 15.6 Å². The molecule has 35 heavy (non-hydrogen) atoms. The average Bonchev–Trinajstić information content (AvgIpc) is 3.38. The summed E-state index contributed by atoms with van der Waals surface area (Å²) in [4.78, 5) is 17.6. The number of hydrogen-bond donors (Lipinski definition) is 2. The van der Waals surface area contributed by atoms with Crippen molar-refractivity contribution >= 4 is 38.1 Å². The quantitative estimate of drug-likeness (QED) is 0.467. The maximum Gasteiger partial charge on any atom is 0.255 e. The second-order valence-corrected chi connectivity index (χ2v) is 10.3. The molecule has 4 rings (SSSR count). The minimum absolute atomic E-state index is 0.0719. The molecule has 1 fully saturated rings. The Labute approximate surface area is 207 Å². The van der Waals surface area contributed by atoms with Crippen LogP contribution in [0, 0.1) is 0 Å². The van der Waals surface area contributed by atoms with Gasteiger partial charge < -0.3 is 24.8 Å². The van der Waals surface area contributed by atoms with Gasteiger partial charge in [-0.05, 0) is 36.4 Å². The minimum Gasteiger partial charge on any atom is -0.495 e. The van der Waals surface area contributed by atoms with Crippen molar-refractivity contribution in [2.75, 3.05) is 58.2 Å². The Morgan fingerprint density at radius 2 is 1.80 bits per heavy atom. The number of thiazole rings is 1. The van der Waals surface area contributed by atoms with Gasteiger partial charge in [0.1, 0.15) is 16.4 Å². The van der Waals surface area contributed by atoms with Crippen molar-refractivity contribution < 1.29 is 27.4 Å². The van der Waals surface area contributed by atoms with Gasteiger partial charge in [-0.2, -0.15) is 4.31 Å². The van der Waals surface area contributed by atoms with Crippen LogP contribution < -0.4 is 20.1 Å². The van der Waals surface area contributed by atoms with Crippen LogP contribution in [-0.2, 0) is 14.8 Å². The summed E-state index contributed by atoms with van der Waals surface area (Å²) in [6, 6.07) is 9.68. The highest BCUT2D eigenvalue weighted by molar-refractivity contribution is 7.89. The number of carbonyl (C=O) groups excluding carboxylic acids is 1. The highest BCUT2D eigenvalue weighted by atomic mass is 32.2. The molecule has 12 heteroatoms. The van der Waals surface area contributed by atoms with E-state index in [0.717, 1.165) is 16.4 Å². The van der Waals surface area contributed by atoms with Crippen molar-refractivity contribution in [3.63, 3.8) is 0 Å². The van der Waals surface area contributed by atoms with Gasteiger partial charge in [0, 0.05) is 36.6 Å². The van der Waals surface area contributed by atoms with Crippen LogP contribution in [0.2, 0.25) is 0 Å². The predicted molar refractivity (Wildman–Crippen MR) is 134 cm³/mol. The fourth-order valence-electron chi connectivity index (χ4n) is 3.63. The van der Waals surface area contributed by atoms with Gasteiger partial charge in [-0.1, -0.05) is 0 Å². The molecule has 10 nitrogen and oxygen atoms in total. The number of anilines is 2. The molecule has 0 atom stereocenters. The second kappa shape index (κ2) is 10.6. The third kappa shape index (κ3) is 5.25. The Bertz CT molecular complexity index is 1320. The minimum atomic E-state index is -3.88. The molecule has 0 radical (unpaired) electrons. The summed E-state index contributed by atoms with van der Waals surface area (Å²) >= 11 is 1.47. The first-order valence-corrected chi connectivity index (χ1v) is 13.1. The number of methoxy groups -OCH3 is 2. The summed E-state index contributed by atoms with van der Waals surface area (Å²) in [5.41, 5.74) is 2.14. The summed E-state index contributed by atoms with van der Waals surface area (Å²) in [6.45, 7) is 1.09. The van der Waals surface area contributed by atoms with Crippen LogP contribution in [-0.4, -0.2) is 71.2 Å². The molecule has 0 saturated carbocycles. The number of carbonyl (C=O) groups is 1. The topological polar surface area (TPSA) is 119 Å². The monoisotopic (exact) mass is 518 g/mol. The highest BCUT2D eigenvalue weighted by Crippen LogP contribution is 2.33. The number of nitrogens with one attached hydrogen (secondary N) is 2. The third-order valence-corrected chi connectivity index (χ3v) is 8.25. The fourth-order valence-corrected chi connectivity index (χ4v) is 5.90. The molecule has 2 aromatic carbocycles. The van der Waals surface area contributed by atoms with E-state index in [1.165, 1.54) is 48.1 Å². The molecule has 0 bridgehead atoms. The zero-order chi connectivity index (χ0) is 25.0. The number of morpholine rings is 1. The first-order chi connectivity index (χ1) is 16.9. The summed E-state index contributed by atoms with van der Waals surface area (Å²) in [6.07, 6.45) is 0. The van der Waals surface area contributed by atoms with E-state index in [1.807, 2.05) is 11.4 Å². The van der Waals surface area contributed by atoms with Crippen LogP contribution in [0.1, 0.15) is 10.4 Å². The molecule has 0 aliphatic carbocycles. The summed E-state index contributed by atoms with van der Waals surface area (Å²) < 4.78 is 43.8. The van der Waals surface area contributed by atoms with E-state index >= 15 is 0 Å². The Kier molecular flexibility index (Phi) is 7.55. The highest BCUT2D eigenvalue weighted by Gasteiger charge is 2.30. The standard InChI is InChI=1S/C23H26N4O6S2/c1-24-23-26-18(14-34-23)15-4-6-19(31-2)17(12-15)25-22(28)16-5-7-20(32-3)21(13-16)35(29,30)27-8-10-33-11-9-27/h4-7,12-14H,8-11H2,1-3H3,(H,24,26)(H,25,28). The van der Waals surface area contributed by atoms with Crippen LogP contribution in [0.25, 0.3) is 11.3 Å². The molecule has 1 amide bonds. The van der Waals surface area contributed by atoms with E-state index in [0.29, 0.717) is 24.7 Å². The molecular formula is C23H26N4O6S2. The number of rotatable bonds is 8. The average molecular weight is 519 g/mol. The Balaban J connectivity index is 1.65. The van der Waals surface area contributed by atoms with Gasteiger partial charge in [0.2, 0.25) is 10.0 Å². The first-order valence-electron chi connectivity index (χ1n) is 10.8. The maximum absolute atomic E-state index is 13.3. The number of benzene rings is 2. The normalized spacial score (nSPS) is 14.4. The number of aromatic nitrogens is 1. The smallest absolute Gasteiger partial charge is 0.255 e. The van der Waals surface area contributed by atoms with E-state index in [1.54, 1.807) is 19.2 Å². The van der Waals surface area contributed by atoms with E-state index < -0.39 is 15.9 Å². The number of hydrogen-bond acceptors (Lipinski definition) is 9. The molecule has 3 aromatic rings. The van der Waals surface area contributed by atoms with Gasteiger partial charge >= 0.3 is 0 Å². The van der Waals surface area contributed by atoms with Crippen molar-refractivity contribution in [3.8, 4) is 22.8 Å². The number of nitrogens with zero attached hydrogens (tertiary/aromatic N) is 2. The van der Waals surface area contributed by atoms with Crippen molar-refractivity contribution in [1.82, 2.24) is 9.29 Å². The largest absolute Gasteiger partial charge is 0.495 e. The summed E-state index contributed by atoms with van der Waals surface area (Å²) in [7, 11) is 0.815.